The van der Waals surface area contributed by atoms with E-state index in [4.69, 9.17) is 0 Å². The molecule has 3 N–H and O–H groups in total. The summed E-state index contributed by atoms with van der Waals surface area (Å²) in [5, 5.41) is 27.5. The molecule has 0 bridgehead atoms. The van der Waals surface area contributed by atoms with Gasteiger partial charge in [-0.3, -0.25) is 9.59 Å². The predicted molar refractivity (Wildman–Crippen MR) is 136 cm³/mol. The number of para-hydroxylation sites is 1. The average Bonchev–Trinajstić information content (AvgIpc) is 3.24. The van der Waals surface area contributed by atoms with E-state index in [1.807, 2.05) is 94.2 Å². The summed E-state index contributed by atoms with van der Waals surface area (Å²) >= 11 is 0. The summed E-state index contributed by atoms with van der Waals surface area (Å²) in [6, 6.07) is 17.8. The second-order valence-corrected chi connectivity index (χ2v) is 9.88. The van der Waals surface area contributed by atoms with Crippen molar-refractivity contribution >= 4 is 17.7 Å². The van der Waals surface area contributed by atoms with Crippen molar-refractivity contribution in [2.75, 3.05) is 18.5 Å². The van der Waals surface area contributed by atoms with Crippen LogP contribution in [0.4, 0.5) is 5.82 Å². The molecule has 0 aliphatic carbocycles. The van der Waals surface area contributed by atoms with Gasteiger partial charge in [0.15, 0.2) is 5.69 Å². The van der Waals surface area contributed by atoms with E-state index < -0.39 is 24.0 Å². The molecule has 3 aromatic rings. The Bertz CT molecular complexity index is 1170. The molecule has 2 atom stereocenters. The van der Waals surface area contributed by atoms with E-state index in [0.717, 1.165) is 16.8 Å². The minimum absolute atomic E-state index is 0.157. The second-order valence-electron chi connectivity index (χ2n) is 9.88. The van der Waals surface area contributed by atoms with E-state index in [9.17, 15) is 19.8 Å². The van der Waals surface area contributed by atoms with Crippen LogP contribution < -0.4 is 10.2 Å². The Balaban J connectivity index is 1.95. The lowest BCUT2D eigenvalue weighted by Crippen LogP contribution is -2.38. The van der Waals surface area contributed by atoms with Crippen molar-refractivity contribution in [3.63, 3.8) is 0 Å². The van der Waals surface area contributed by atoms with Crippen molar-refractivity contribution in [1.29, 1.82) is 0 Å². The smallest absolute Gasteiger partial charge is 0.305 e. The van der Waals surface area contributed by atoms with Gasteiger partial charge in [-0.2, -0.15) is 5.10 Å². The quantitative estimate of drug-likeness (QED) is 0.430. The van der Waals surface area contributed by atoms with Gasteiger partial charge in [0, 0.05) is 19.7 Å². The number of aliphatic hydroxyl groups excluding tert-OH is 1. The van der Waals surface area contributed by atoms with Crippen LogP contribution in [0.2, 0.25) is 0 Å². The molecule has 1 heterocycles. The monoisotopic (exact) mass is 478 g/mol. The lowest BCUT2D eigenvalue weighted by Gasteiger charge is -2.30. The number of nitrogens with one attached hydrogen (secondary N) is 1. The van der Waals surface area contributed by atoms with E-state index in [-0.39, 0.29) is 17.5 Å². The highest BCUT2D eigenvalue weighted by atomic mass is 16.4. The molecule has 8 heteroatoms. The maximum atomic E-state index is 13.3. The van der Waals surface area contributed by atoms with E-state index in [2.05, 4.69) is 10.4 Å². The van der Waals surface area contributed by atoms with E-state index in [1.165, 1.54) is 0 Å². The molecule has 1 aromatic heterocycles. The van der Waals surface area contributed by atoms with Crippen LogP contribution >= 0.6 is 0 Å². The number of aliphatic carboxylic acids is 1. The van der Waals surface area contributed by atoms with Crippen molar-refractivity contribution in [1.82, 2.24) is 15.1 Å². The van der Waals surface area contributed by atoms with Crippen LogP contribution in [0.25, 0.3) is 5.69 Å². The number of anilines is 1. The highest BCUT2D eigenvalue weighted by molar-refractivity contribution is 5.94. The number of likely N-dealkylation sites (N-methyl/N-ethyl adjacent to an activating group) is 1. The van der Waals surface area contributed by atoms with Crippen LogP contribution in [0.3, 0.4) is 0 Å². The highest BCUT2D eigenvalue weighted by Crippen LogP contribution is 2.26. The lowest BCUT2D eigenvalue weighted by molar-refractivity contribution is -0.137. The van der Waals surface area contributed by atoms with Crippen LogP contribution in [0.15, 0.2) is 60.7 Å². The third-order valence-electron chi connectivity index (χ3n) is 6.01. The SMILES string of the molecule is Cc1ccccc1[C@H](CC(=O)O)NC(=O)c1cc(N(C)CC(O)C(C)(C)C)n(-c2ccccc2)n1. The first kappa shape index (κ1) is 26.0. The third-order valence-corrected chi connectivity index (χ3v) is 6.01. The maximum Gasteiger partial charge on any atom is 0.305 e. The van der Waals surface area contributed by atoms with Crippen LogP contribution in [-0.4, -0.2) is 51.6 Å². The van der Waals surface area contributed by atoms with Gasteiger partial charge in [-0.05, 0) is 35.6 Å². The molecule has 2 aromatic carbocycles. The van der Waals surface area contributed by atoms with Gasteiger partial charge in [0.05, 0.1) is 24.3 Å². The average molecular weight is 479 g/mol. The summed E-state index contributed by atoms with van der Waals surface area (Å²) < 4.78 is 1.66. The number of hydrogen-bond acceptors (Lipinski definition) is 5. The summed E-state index contributed by atoms with van der Waals surface area (Å²) in [6.07, 6.45) is -0.856. The van der Waals surface area contributed by atoms with Crippen molar-refractivity contribution in [3.05, 3.63) is 77.5 Å². The van der Waals surface area contributed by atoms with Crippen molar-refractivity contribution in [3.8, 4) is 5.69 Å². The minimum atomic E-state index is -1.01. The molecule has 3 rings (SSSR count). The van der Waals surface area contributed by atoms with E-state index >= 15 is 0 Å². The van der Waals surface area contributed by atoms with Crippen LogP contribution in [0.1, 0.15) is 54.8 Å². The first-order valence-electron chi connectivity index (χ1n) is 11.6. The zero-order valence-corrected chi connectivity index (χ0v) is 20.9. The van der Waals surface area contributed by atoms with Crippen molar-refractivity contribution in [2.24, 2.45) is 5.41 Å². The number of rotatable bonds is 9. The van der Waals surface area contributed by atoms with Gasteiger partial charge in [-0.25, -0.2) is 4.68 Å². The molecule has 35 heavy (non-hydrogen) atoms. The Kier molecular flexibility index (Phi) is 7.96. The summed E-state index contributed by atoms with van der Waals surface area (Å²) in [7, 11) is 1.84. The highest BCUT2D eigenvalue weighted by Gasteiger charge is 2.27. The van der Waals surface area contributed by atoms with Gasteiger partial charge in [0.1, 0.15) is 5.82 Å². The topological polar surface area (TPSA) is 108 Å². The summed E-state index contributed by atoms with van der Waals surface area (Å²) in [5.41, 5.74) is 2.25. The number of aryl methyl sites for hydroxylation is 1. The molecule has 0 fully saturated rings. The van der Waals surface area contributed by atoms with E-state index in [1.54, 1.807) is 10.7 Å². The molecular weight excluding hydrogens is 444 g/mol. The largest absolute Gasteiger partial charge is 0.481 e. The van der Waals surface area contributed by atoms with Gasteiger partial charge >= 0.3 is 5.97 Å². The maximum absolute atomic E-state index is 13.3. The number of amides is 1. The molecule has 0 radical (unpaired) electrons. The summed E-state index contributed by atoms with van der Waals surface area (Å²) in [5.74, 6) is -0.847. The fourth-order valence-electron chi connectivity index (χ4n) is 3.76. The second kappa shape index (κ2) is 10.7. The standard InChI is InChI=1S/C27H34N4O4/c1-18-11-9-10-14-20(18)21(16-25(33)34)28-26(35)22-15-24(30(5)17-23(32)27(2,3)4)31(29-22)19-12-7-6-8-13-19/h6-15,21,23,32H,16-17H2,1-5H3,(H,28,35)(H,33,34)/t21-,23?/m0/s1. The van der Waals surface area contributed by atoms with Crippen molar-refractivity contribution < 1.29 is 19.8 Å². The summed E-state index contributed by atoms with van der Waals surface area (Å²) in [4.78, 5) is 26.7. The molecule has 0 aliphatic heterocycles. The number of benzene rings is 2. The number of aromatic nitrogens is 2. The molecule has 0 saturated carbocycles. The number of nitrogens with zero attached hydrogens (tertiary/aromatic N) is 3. The number of hydrogen-bond donors (Lipinski definition) is 3. The Morgan fingerprint density at radius 2 is 1.71 bits per heavy atom. The molecule has 1 unspecified atom stereocenters. The number of aliphatic hydroxyl groups is 1. The molecule has 0 aliphatic rings. The molecule has 186 valence electrons. The van der Waals surface area contributed by atoms with Gasteiger partial charge in [-0.1, -0.05) is 63.2 Å². The fraction of sp³-hybridized carbons (Fsp3) is 0.370. The van der Waals surface area contributed by atoms with Gasteiger partial charge in [-0.15, -0.1) is 0 Å². The zero-order chi connectivity index (χ0) is 25.8. The Labute approximate surface area is 206 Å². The molecule has 1 amide bonds. The predicted octanol–water partition coefficient (Wildman–Crippen LogP) is 3.97. The van der Waals surface area contributed by atoms with Gasteiger partial charge < -0.3 is 20.4 Å². The van der Waals surface area contributed by atoms with Crippen LogP contribution in [0, 0.1) is 12.3 Å². The Morgan fingerprint density at radius 3 is 2.31 bits per heavy atom. The Morgan fingerprint density at radius 1 is 1.09 bits per heavy atom. The van der Waals surface area contributed by atoms with Gasteiger partial charge in [0.25, 0.3) is 5.91 Å². The Hall–Kier alpha value is -3.65. The molecular formula is C27H34N4O4. The first-order valence-corrected chi connectivity index (χ1v) is 11.6. The number of carbonyl (C=O) groups excluding carboxylic acids is 1. The molecule has 8 nitrogen and oxygen atoms in total. The summed E-state index contributed by atoms with van der Waals surface area (Å²) in [6.45, 7) is 8.12. The van der Waals surface area contributed by atoms with Gasteiger partial charge in [0.2, 0.25) is 0 Å². The molecule has 0 saturated heterocycles. The molecule has 0 spiro atoms. The number of carbonyl (C=O) groups is 2. The zero-order valence-electron chi connectivity index (χ0n) is 20.9. The first-order chi connectivity index (χ1) is 16.5. The minimum Gasteiger partial charge on any atom is -0.481 e. The van der Waals surface area contributed by atoms with Crippen LogP contribution in [0.5, 0.6) is 0 Å². The third kappa shape index (κ3) is 6.48. The lowest BCUT2D eigenvalue weighted by atomic mass is 9.89. The normalized spacial score (nSPS) is 13.2. The van der Waals surface area contributed by atoms with E-state index in [0.29, 0.717) is 12.4 Å². The number of carboxylic acids is 1. The van der Waals surface area contributed by atoms with Crippen LogP contribution in [-0.2, 0) is 4.79 Å². The number of carboxylic acid groups (broad SMARTS) is 1. The fourth-order valence-corrected chi connectivity index (χ4v) is 3.76. The van der Waals surface area contributed by atoms with Crippen molar-refractivity contribution in [2.45, 2.75) is 46.3 Å².